The van der Waals surface area contributed by atoms with E-state index in [-0.39, 0.29) is 12.2 Å². The molecule has 0 fully saturated rings. The van der Waals surface area contributed by atoms with Crippen LogP contribution in [0.2, 0.25) is 0 Å². The van der Waals surface area contributed by atoms with E-state index in [1.54, 1.807) is 6.07 Å². The maximum Gasteiger partial charge on any atom is 0.252 e. The third-order valence-electron chi connectivity index (χ3n) is 3.42. The second kappa shape index (κ2) is 6.31. The Morgan fingerprint density at radius 1 is 1.14 bits per heavy atom. The number of halogens is 1. The lowest BCUT2D eigenvalue weighted by Crippen LogP contribution is -2.16. The lowest BCUT2D eigenvalue weighted by atomic mass is 9.94. The minimum Gasteiger partial charge on any atom is -0.294 e. The van der Waals surface area contributed by atoms with Crippen LogP contribution in [0.3, 0.4) is 0 Å². The number of carbonyl (C=O) groups is 2. The number of carbonyl (C=O) groups excluding carboxylic acids is 2. The van der Waals surface area contributed by atoms with E-state index in [9.17, 15) is 14.1 Å². The van der Waals surface area contributed by atoms with Crippen LogP contribution in [-0.2, 0) is 11.2 Å². The van der Waals surface area contributed by atoms with Crippen molar-refractivity contribution in [1.29, 1.82) is 0 Å². The zero-order chi connectivity index (χ0) is 15.4. The van der Waals surface area contributed by atoms with E-state index >= 15 is 0 Å². The monoisotopic (exact) mass is 285 g/mol. The topological polar surface area (TPSA) is 46.2 Å². The molecule has 3 nitrogen and oxygen atoms in total. The van der Waals surface area contributed by atoms with Crippen LogP contribution >= 0.6 is 0 Å². The van der Waals surface area contributed by atoms with Gasteiger partial charge >= 0.3 is 0 Å². The van der Waals surface area contributed by atoms with Crippen molar-refractivity contribution in [1.82, 2.24) is 5.54 Å². The Hall–Kier alpha value is -2.49. The highest BCUT2D eigenvalue weighted by molar-refractivity contribution is 6.00. The van der Waals surface area contributed by atoms with Crippen LogP contribution in [0.25, 0.3) is 11.1 Å². The van der Waals surface area contributed by atoms with Crippen molar-refractivity contribution in [3.8, 4) is 11.1 Å². The average molecular weight is 285 g/mol. The van der Waals surface area contributed by atoms with Crippen molar-refractivity contribution in [3.05, 3.63) is 59.2 Å². The van der Waals surface area contributed by atoms with E-state index in [0.717, 1.165) is 27.8 Å². The molecule has 108 valence electrons. The average Bonchev–Trinajstić information content (AvgIpc) is 2.49. The molecule has 0 radical (unpaired) electrons. The standard InChI is InChI=1S/C17H16FNO2/c1-11-7-8-13(9-14(11)10-17(21)19-18)16-6-4-3-5-15(16)12(2)20/h3-9H,10H2,1-2H3,(H,19,21). The molecule has 0 unspecified atom stereocenters. The summed E-state index contributed by atoms with van der Waals surface area (Å²) in [4.78, 5) is 22.9. The molecular weight excluding hydrogens is 269 g/mol. The summed E-state index contributed by atoms with van der Waals surface area (Å²) in [5, 5.41) is 0. The number of amides is 1. The highest BCUT2D eigenvalue weighted by atomic mass is 19.2. The van der Waals surface area contributed by atoms with E-state index in [4.69, 9.17) is 0 Å². The molecule has 0 aromatic heterocycles. The quantitative estimate of drug-likeness (QED) is 0.691. The van der Waals surface area contributed by atoms with Crippen LogP contribution in [0, 0.1) is 6.92 Å². The second-order valence-corrected chi connectivity index (χ2v) is 4.94. The molecule has 0 spiro atoms. The summed E-state index contributed by atoms with van der Waals surface area (Å²) in [5.41, 5.74) is 5.06. The van der Waals surface area contributed by atoms with Gasteiger partial charge in [-0.05, 0) is 36.1 Å². The Morgan fingerprint density at radius 3 is 2.52 bits per heavy atom. The van der Waals surface area contributed by atoms with E-state index in [2.05, 4.69) is 0 Å². The zero-order valence-corrected chi connectivity index (χ0v) is 11.9. The fraction of sp³-hybridized carbons (Fsp3) is 0.176. The van der Waals surface area contributed by atoms with E-state index in [1.165, 1.54) is 6.92 Å². The number of nitrogens with one attached hydrogen (secondary N) is 1. The summed E-state index contributed by atoms with van der Waals surface area (Å²) in [7, 11) is 0. The van der Waals surface area contributed by atoms with Gasteiger partial charge in [-0.15, -0.1) is 4.48 Å². The smallest absolute Gasteiger partial charge is 0.252 e. The van der Waals surface area contributed by atoms with Crippen molar-refractivity contribution in [2.75, 3.05) is 0 Å². The van der Waals surface area contributed by atoms with E-state index in [0.29, 0.717) is 5.56 Å². The molecule has 0 aliphatic heterocycles. The van der Waals surface area contributed by atoms with Crippen molar-refractivity contribution in [2.45, 2.75) is 20.3 Å². The highest BCUT2D eigenvalue weighted by Crippen LogP contribution is 2.26. The summed E-state index contributed by atoms with van der Waals surface area (Å²) < 4.78 is 12.2. The normalized spacial score (nSPS) is 10.2. The SMILES string of the molecule is CC(=O)c1ccccc1-c1ccc(C)c(CC(=O)NF)c1. The molecule has 1 N–H and O–H groups in total. The third-order valence-corrected chi connectivity index (χ3v) is 3.42. The minimum absolute atomic E-state index is 0.0192. The van der Waals surface area contributed by atoms with Crippen LogP contribution < -0.4 is 5.54 Å². The number of benzene rings is 2. The van der Waals surface area contributed by atoms with E-state index < -0.39 is 5.91 Å². The third kappa shape index (κ3) is 3.34. The van der Waals surface area contributed by atoms with Gasteiger partial charge in [-0.1, -0.05) is 42.5 Å². The lowest BCUT2D eigenvalue weighted by Gasteiger charge is -2.11. The second-order valence-electron chi connectivity index (χ2n) is 4.94. The molecule has 0 bridgehead atoms. The van der Waals surface area contributed by atoms with Crippen LogP contribution in [0.15, 0.2) is 42.5 Å². The first-order valence-electron chi connectivity index (χ1n) is 6.62. The first kappa shape index (κ1) is 14.9. The Morgan fingerprint density at radius 2 is 1.86 bits per heavy atom. The number of ketones is 1. The lowest BCUT2D eigenvalue weighted by molar-refractivity contribution is -0.124. The van der Waals surface area contributed by atoms with Crippen molar-refractivity contribution in [2.24, 2.45) is 0 Å². The van der Waals surface area contributed by atoms with Crippen LogP contribution in [0.1, 0.15) is 28.4 Å². The van der Waals surface area contributed by atoms with Gasteiger partial charge in [0, 0.05) is 5.56 Å². The van der Waals surface area contributed by atoms with Gasteiger partial charge in [-0.25, -0.2) is 0 Å². The van der Waals surface area contributed by atoms with Crippen LogP contribution in [-0.4, -0.2) is 11.7 Å². The van der Waals surface area contributed by atoms with Crippen molar-refractivity contribution >= 4 is 11.7 Å². The number of hydrogen-bond acceptors (Lipinski definition) is 2. The number of hydrogen-bond donors (Lipinski definition) is 1. The summed E-state index contributed by atoms with van der Waals surface area (Å²) in [6, 6.07) is 12.9. The van der Waals surface area contributed by atoms with Crippen LogP contribution in [0.4, 0.5) is 4.48 Å². The Labute approximate surface area is 122 Å². The summed E-state index contributed by atoms with van der Waals surface area (Å²) >= 11 is 0. The Kier molecular flexibility index (Phi) is 4.48. The minimum atomic E-state index is -0.685. The molecule has 0 aliphatic rings. The molecule has 21 heavy (non-hydrogen) atoms. The molecule has 2 rings (SSSR count). The van der Waals surface area contributed by atoms with Gasteiger partial charge in [0.25, 0.3) is 5.91 Å². The first-order chi connectivity index (χ1) is 10.0. The van der Waals surface area contributed by atoms with Gasteiger partial charge < -0.3 is 0 Å². The first-order valence-corrected chi connectivity index (χ1v) is 6.62. The molecular formula is C17H16FNO2. The molecule has 2 aromatic rings. The maximum absolute atomic E-state index is 12.2. The van der Waals surface area contributed by atoms with Gasteiger partial charge in [0.2, 0.25) is 0 Å². The van der Waals surface area contributed by atoms with Crippen LogP contribution in [0.5, 0.6) is 0 Å². The van der Waals surface area contributed by atoms with Gasteiger partial charge in [-0.2, -0.15) is 5.54 Å². The fourth-order valence-corrected chi connectivity index (χ4v) is 2.28. The predicted molar refractivity (Wildman–Crippen MR) is 79.6 cm³/mol. The maximum atomic E-state index is 12.2. The summed E-state index contributed by atoms with van der Waals surface area (Å²) in [5.74, 6) is -0.704. The zero-order valence-electron chi connectivity index (χ0n) is 11.9. The molecule has 4 heteroatoms. The van der Waals surface area contributed by atoms with Crippen molar-refractivity contribution < 1.29 is 14.1 Å². The molecule has 0 saturated heterocycles. The van der Waals surface area contributed by atoms with Gasteiger partial charge in [0.1, 0.15) is 0 Å². The molecule has 0 aliphatic carbocycles. The van der Waals surface area contributed by atoms with Gasteiger partial charge in [-0.3, -0.25) is 9.59 Å². The summed E-state index contributed by atoms with van der Waals surface area (Å²) in [6.07, 6.45) is -0.0294. The molecule has 1 amide bonds. The Balaban J connectivity index is 2.48. The number of aryl methyl sites for hydroxylation is 1. The largest absolute Gasteiger partial charge is 0.294 e. The highest BCUT2D eigenvalue weighted by Gasteiger charge is 2.11. The molecule has 0 atom stereocenters. The number of rotatable bonds is 4. The van der Waals surface area contributed by atoms with Gasteiger partial charge in [0.05, 0.1) is 6.42 Å². The van der Waals surface area contributed by atoms with Gasteiger partial charge in [0.15, 0.2) is 5.78 Å². The molecule has 2 aromatic carbocycles. The van der Waals surface area contributed by atoms with E-state index in [1.807, 2.05) is 43.3 Å². The predicted octanol–water partition coefficient (Wildman–Crippen LogP) is 3.41. The molecule has 0 saturated carbocycles. The Bertz CT molecular complexity index is 695. The molecule has 0 heterocycles. The number of Topliss-reactive ketones (excluding diaryl/α,β-unsaturated/α-hetero) is 1. The summed E-state index contributed by atoms with van der Waals surface area (Å²) in [6.45, 7) is 3.38. The van der Waals surface area contributed by atoms with Crippen molar-refractivity contribution in [3.63, 3.8) is 0 Å². The fourth-order valence-electron chi connectivity index (χ4n) is 2.28.